The zero-order valence-corrected chi connectivity index (χ0v) is 17.1. The van der Waals surface area contributed by atoms with Gasteiger partial charge in [-0.15, -0.1) is 0 Å². The third-order valence-corrected chi connectivity index (χ3v) is 5.63. The first-order valence-electron chi connectivity index (χ1n) is 10.2. The summed E-state index contributed by atoms with van der Waals surface area (Å²) in [6.07, 6.45) is 2.92. The summed E-state index contributed by atoms with van der Waals surface area (Å²) in [4.78, 5) is 13.8. The highest BCUT2D eigenvalue weighted by molar-refractivity contribution is 5.78. The van der Waals surface area contributed by atoms with Crippen molar-refractivity contribution in [2.75, 3.05) is 13.7 Å². The Labute approximate surface area is 175 Å². The number of hydrogen-bond acceptors (Lipinski definition) is 5. The van der Waals surface area contributed by atoms with Gasteiger partial charge in [0.05, 0.1) is 24.8 Å². The van der Waals surface area contributed by atoms with Crippen LogP contribution in [0, 0.1) is 12.8 Å². The van der Waals surface area contributed by atoms with E-state index in [9.17, 15) is 0 Å². The van der Waals surface area contributed by atoms with E-state index in [1.54, 1.807) is 7.11 Å². The SMILES string of the molecule is COc1ccc(-c2cnc(C)nc2OCC2CC2c2ccc3ccccc3n2)cc1. The van der Waals surface area contributed by atoms with Crippen LogP contribution in [0.3, 0.4) is 0 Å². The van der Waals surface area contributed by atoms with Crippen LogP contribution in [0.5, 0.6) is 11.6 Å². The maximum atomic E-state index is 6.18. The number of pyridine rings is 1. The average molecular weight is 397 g/mol. The van der Waals surface area contributed by atoms with Gasteiger partial charge in [0.1, 0.15) is 11.6 Å². The number of fused-ring (bicyclic) bond motifs is 1. The summed E-state index contributed by atoms with van der Waals surface area (Å²) < 4.78 is 11.4. The van der Waals surface area contributed by atoms with Crippen molar-refractivity contribution in [2.45, 2.75) is 19.3 Å². The molecule has 5 heteroatoms. The second kappa shape index (κ2) is 7.75. The summed E-state index contributed by atoms with van der Waals surface area (Å²) in [6, 6.07) is 20.4. The molecule has 1 aliphatic carbocycles. The molecule has 2 unspecified atom stereocenters. The molecule has 0 N–H and O–H groups in total. The van der Waals surface area contributed by atoms with E-state index in [1.807, 2.05) is 49.5 Å². The molecule has 0 aliphatic heterocycles. The van der Waals surface area contributed by atoms with E-state index in [-0.39, 0.29) is 0 Å². The number of methoxy groups -OCH3 is 1. The van der Waals surface area contributed by atoms with E-state index in [1.165, 1.54) is 5.39 Å². The molecule has 0 bridgehead atoms. The Kier molecular flexibility index (Phi) is 4.79. The van der Waals surface area contributed by atoms with Gasteiger partial charge in [0.15, 0.2) is 0 Å². The summed E-state index contributed by atoms with van der Waals surface area (Å²) in [6.45, 7) is 2.50. The highest BCUT2D eigenvalue weighted by atomic mass is 16.5. The van der Waals surface area contributed by atoms with Gasteiger partial charge in [0.25, 0.3) is 0 Å². The Hall–Kier alpha value is -3.47. The lowest BCUT2D eigenvalue weighted by molar-refractivity contribution is 0.285. The van der Waals surface area contributed by atoms with Gasteiger partial charge in [0, 0.05) is 29.1 Å². The summed E-state index contributed by atoms with van der Waals surface area (Å²) in [5, 5.41) is 1.18. The van der Waals surface area contributed by atoms with E-state index in [2.05, 4.69) is 34.2 Å². The van der Waals surface area contributed by atoms with Crippen LogP contribution in [-0.2, 0) is 0 Å². The van der Waals surface area contributed by atoms with Gasteiger partial charge in [-0.1, -0.05) is 36.4 Å². The first-order valence-corrected chi connectivity index (χ1v) is 10.2. The van der Waals surface area contributed by atoms with Crippen LogP contribution >= 0.6 is 0 Å². The first kappa shape index (κ1) is 18.6. The van der Waals surface area contributed by atoms with Crippen molar-refractivity contribution in [3.63, 3.8) is 0 Å². The molecule has 0 spiro atoms. The molecule has 2 aromatic heterocycles. The number of ether oxygens (including phenoxy) is 2. The fourth-order valence-corrected chi connectivity index (χ4v) is 3.80. The third-order valence-electron chi connectivity index (χ3n) is 5.63. The second-order valence-corrected chi connectivity index (χ2v) is 7.71. The molecule has 4 aromatic rings. The number of aryl methyl sites for hydroxylation is 1. The normalized spacial score (nSPS) is 17.7. The Balaban J connectivity index is 1.31. The van der Waals surface area contributed by atoms with Crippen molar-refractivity contribution < 1.29 is 9.47 Å². The van der Waals surface area contributed by atoms with Gasteiger partial charge in [0.2, 0.25) is 5.88 Å². The van der Waals surface area contributed by atoms with Crippen molar-refractivity contribution in [3.05, 3.63) is 78.4 Å². The Bertz CT molecular complexity index is 1190. The highest BCUT2D eigenvalue weighted by Gasteiger charge is 2.40. The molecule has 2 heterocycles. The molecule has 2 atom stereocenters. The molecule has 1 aliphatic rings. The number of rotatable bonds is 6. The first-order chi connectivity index (χ1) is 14.7. The molecule has 1 fully saturated rings. The molecule has 5 rings (SSSR count). The summed E-state index contributed by atoms with van der Waals surface area (Å²) in [7, 11) is 1.66. The molecule has 1 saturated carbocycles. The molecular formula is C25H23N3O2. The zero-order chi connectivity index (χ0) is 20.5. The second-order valence-electron chi connectivity index (χ2n) is 7.71. The quantitative estimate of drug-likeness (QED) is 0.448. The van der Waals surface area contributed by atoms with Gasteiger partial charge in [-0.05, 0) is 43.2 Å². The van der Waals surface area contributed by atoms with Crippen LogP contribution in [0.15, 0.2) is 66.9 Å². The maximum Gasteiger partial charge on any atom is 0.224 e. The summed E-state index contributed by atoms with van der Waals surface area (Å²) in [5.74, 6) is 3.05. The van der Waals surface area contributed by atoms with Crippen molar-refractivity contribution in [1.29, 1.82) is 0 Å². The van der Waals surface area contributed by atoms with E-state index in [0.29, 0.717) is 30.1 Å². The largest absolute Gasteiger partial charge is 0.497 e. The topological polar surface area (TPSA) is 57.1 Å². The molecule has 0 saturated heterocycles. The van der Waals surface area contributed by atoms with Crippen LogP contribution in [0.2, 0.25) is 0 Å². The fourth-order valence-electron chi connectivity index (χ4n) is 3.80. The smallest absolute Gasteiger partial charge is 0.224 e. The minimum atomic E-state index is 0.446. The molecule has 150 valence electrons. The molecule has 2 aromatic carbocycles. The lowest BCUT2D eigenvalue weighted by Gasteiger charge is -2.11. The number of aromatic nitrogens is 3. The number of para-hydroxylation sites is 1. The predicted molar refractivity (Wildman–Crippen MR) is 117 cm³/mol. The maximum absolute atomic E-state index is 6.18. The van der Waals surface area contributed by atoms with Crippen LogP contribution in [-0.4, -0.2) is 28.7 Å². The van der Waals surface area contributed by atoms with Crippen molar-refractivity contribution in [2.24, 2.45) is 5.92 Å². The molecule has 30 heavy (non-hydrogen) atoms. The third kappa shape index (κ3) is 3.71. The molecule has 5 nitrogen and oxygen atoms in total. The van der Waals surface area contributed by atoms with Gasteiger partial charge in [-0.3, -0.25) is 4.98 Å². The van der Waals surface area contributed by atoms with Crippen LogP contribution < -0.4 is 9.47 Å². The molecule has 0 radical (unpaired) electrons. The minimum Gasteiger partial charge on any atom is -0.497 e. The Morgan fingerprint density at radius 3 is 2.63 bits per heavy atom. The summed E-state index contributed by atoms with van der Waals surface area (Å²) >= 11 is 0. The minimum absolute atomic E-state index is 0.446. The van der Waals surface area contributed by atoms with Crippen LogP contribution in [0.25, 0.3) is 22.0 Å². The lowest BCUT2D eigenvalue weighted by Crippen LogP contribution is -2.05. The van der Waals surface area contributed by atoms with Gasteiger partial charge >= 0.3 is 0 Å². The Morgan fingerprint density at radius 1 is 0.967 bits per heavy atom. The highest BCUT2D eigenvalue weighted by Crippen LogP contribution is 2.47. The van der Waals surface area contributed by atoms with Crippen molar-refractivity contribution in [3.8, 4) is 22.8 Å². The predicted octanol–water partition coefficient (Wildman–Crippen LogP) is 5.19. The van der Waals surface area contributed by atoms with Crippen LogP contribution in [0.4, 0.5) is 0 Å². The number of benzene rings is 2. The van der Waals surface area contributed by atoms with Crippen molar-refractivity contribution >= 4 is 10.9 Å². The number of hydrogen-bond donors (Lipinski definition) is 0. The monoisotopic (exact) mass is 397 g/mol. The molecular weight excluding hydrogens is 374 g/mol. The van der Waals surface area contributed by atoms with Gasteiger partial charge in [-0.2, -0.15) is 4.98 Å². The standard InChI is InChI=1S/C25H23N3O2/c1-16-26-14-22(17-7-10-20(29-2)11-8-17)25(27-16)30-15-19-13-21(19)24-12-9-18-5-3-4-6-23(18)28-24/h3-12,14,19,21H,13,15H2,1-2H3. The van der Waals surface area contributed by atoms with Gasteiger partial charge < -0.3 is 9.47 Å². The van der Waals surface area contributed by atoms with E-state index in [0.717, 1.165) is 34.5 Å². The Morgan fingerprint density at radius 2 is 1.80 bits per heavy atom. The van der Waals surface area contributed by atoms with Crippen molar-refractivity contribution in [1.82, 2.24) is 15.0 Å². The summed E-state index contributed by atoms with van der Waals surface area (Å²) in [5.41, 5.74) is 4.10. The van der Waals surface area contributed by atoms with Gasteiger partial charge in [-0.25, -0.2) is 4.98 Å². The lowest BCUT2D eigenvalue weighted by atomic mass is 10.1. The fraction of sp³-hybridized carbons (Fsp3) is 0.240. The molecule has 0 amide bonds. The van der Waals surface area contributed by atoms with E-state index in [4.69, 9.17) is 14.5 Å². The van der Waals surface area contributed by atoms with E-state index < -0.39 is 0 Å². The number of nitrogens with zero attached hydrogens (tertiary/aromatic N) is 3. The van der Waals surface area contributed by atoms with E-state index >= 15 is 0 Å². The average Bonchev–Trinajstić information content (AvgIpc) is 3.57. The van der Waals surface area contributed by atoms with Crippen LogP contribution in [0.1, 0.15) is 23.9 Å². The zero-order valence-electron chi connectivity index (χ0n) is 17.1.